The van der Waals surface area contributed by atoms with Crippen molar-refractivity contribution >= 4 is 23.6 Å². The van der Waals surface area contributed by atoms with Gasteiger partial charge in [0.15, 0.2) is 5.16 Å². The first-order valence-electron chi connectivity index (χ1n) is 9.27. The van der Waals surface area contributed by atoms with Gasteiger partial charge in [0.1, 0.15) is 5.82 Å². The summed E-state index contributed by atoms with van der Waals surface area (Å²) < 4.78 is 2.12. The molecule has 3 aromatic rings. The molecule has 1 saturated carbocycles. The van der Waals surface area contributed by atoms with E-state index < -0.39 is 0 Å². The molecule has 0 N–H and O–H groups in total. The molecule has 1 fully saturated rings. The Morgan fingerprint density at radius 3 is 2.18 bits per heavy atom. The number of carbonyl (C=O) groups is 2. The van der Waals surface area contributed by atoms with Crippen LogP contribution >= 0.6 is 11.8 Å². The van der Waals surface area contributed by atoms with Gasteiger partial charge in [0.05, 0.1) is 23.5 Å². The normalized spacial score (nSPS) is 15.9. The van der Waals surface area contributed by atoms with Crippen molar-refractivity contribution in [2.45, 2.75) is 30.5 Å². The molecule has 140 valence electrons. The minimum Gasteiger partial charge on any atom is -0.301 e. The summed E-state index contributed by atoms with van der Waals surface area (Å²) in [6.07, 6.45) is 2.27. The van der Waals surface area contributed by atoms with Crippen LogP contribution in [0.3, 0.4) is 0 Å². The number of hydrogen-bond donors (Lipinski definition) is 0. The van der Waals surface area contributed by atoms with Crippen molar-refractivity contribution in [1.29, 1.82) is 0 Å². The molecule has 5 rings (SSSR count). The fraction of sp³-hybridized carbons (Fsp3) is 0.238. The molecule has 0 radical (unpaired) electrons. The van der Waals surface area contributed by atoms with Gasteiger partial charge in [0.2, 0.25) is 0 Å². The van der Waals surface area contributed by atoms with Crippen molar-refractivity contribution in [2.24, 2.45) is 0 Å². The molecule has 0 atom stereocenters. The van der Waals surface area contributed by atoms with E-state index in [4.69, 9.17) is 0 Å². The molecule has 28 heavy (non-hydrogen) atoms. The summed E-state index contributed by atoms with van der Waals surface area (Å²) in [6.45, 7) is 0.685. The van der Waals surface area contributed by atoms with Crippen LogP contribution in [0, 0.1) is 0 Å². The van der Waals surface area contributed by atoms with Crippen molar-refractivity contribution < 1.29 is 9.59 Å². The van der Waals surface area contributed by atoms with E-state index in [2.05, 4.69) is 26.9 Å². The molecule has 2 aromatic carbocycles. The molecular formula is C21H18N4O2S. The van der Waals surface area contributed by atoms with Crippen LogP contribution in [-0.2, 0) is 6.54 Å². The topological polar surface area (TPSA) is 68.1 Å². The number of thioether (sulfide) groups is 1. The van der Waals surface area contributed by atoms with Crippen LogP contribution in [0.5, 0.6) is 0 Å². The van der Waals surface area contributed by atoms with Crippen LogP contribution in [0.25, 0.3) is 0 Å². The number of benzene rings is 2. The second kappa shape index (κ2) is 6.91. The lowest BCUT2D eigenvalue weighted by Crippen LogP contribution is -2.29. The maximum absolute atomic E-state index is 12.6. The molecule has 7 heteroatoms. The minimum absolute atomic E-state index is 0.226. The standard InChI is InChI=1S/C21H18N4O2S/c26-19-16-8-4-5-9-17(16)20(27)25(19)13-28-21-23-22-18(15-10-11-15)24(21)12-14-6-2-1-3-7-14/h1-9,15H,10-13H2. The van der Waals surface area contributed by atoms with E-state index in [1.54, 1.807) is 24.3 Å². The highest BCUT2D eigenvalue weighted by atomic mass is 32.2. The second-order valence-corrected chi connectivity index (χ2v) is 7.96. The van der Waals surface area contributed by atoms with Crippen LogP contribution in [0.15, 0.2) is 59.8 Å². The summed E-state index contributed by atoms with van der Waals surface area (Å²) in [5, 5.41) is 9.50. The number of aromatic nitrogens is 3. The number of carbonyl (C=O) groups excluding carboxylic acids is 2. The molecule has 2 heterocycles. The van der Waals surface area contributed by atoms with Gasteiger partial charge in [0, 0.05) is 5.92 Å². The van der Waals surface area contributed by atoms with Crippen LogP contribution in [-0.4, -0.2) is 37.4 Å². The van der Waals surface area contributed by atoms with Crippen molar-refractivity contribution in [3.05, 3.63) is 77.1 Å². The second-order valence-electron chi connectivity index (χ2n) is 7.04. The molecule has 0 saturated heterocycles. The highest BCUT2D eigenvalue weighted by Gasteiger charge is 2.36. The van der Waals surface area contributed by atoms with Gasteiger partial charge in [-0.2, -0.15) is 0 Å². The molecular weight excluding hydrogens is 372 g/mol. The van der Waals surface area contributed by atoms with E-state index in [9.17, 15) is 9.59 Å². The maximum Gasteiger partial charge on any atom is 0.262 e. The van der Waals surface area contributed by atoms with Crippen LogP contribution in [0.1, 0.15) is 50.9 Å². The third kappa shape index (κ3) is 3.01. The monoisotopic (exact) mass is 390 g/mol. The summed E-state index contributed by atoms with van der Waals surface area (Å²) >= 11 is 1.38. The van der Waals surface area contributed by atoms with E-state index in [-0.39, 0.29) is 17.7 Å². The highest BCUT2D eigenvalue weighted by molar-refractivity contribution is 7.99. The SMILES string of the molecule is O=C1c2ccccc2C(=O)N1CSc1nnc(C2CC2)n1Cc1ccccc1. The van der Waals surface area contributed by atoms with Crippen molar-refractivity contribution in [2.75, 3.05) is 5.88 Å². The lowest BCUT2D eigenvalue weighted by atomic mass is 10.1. The zero-order valence-corrected chi connectivity index (χ0v) is 15.9. The van der Waals surface area contributed by atoms with E-state index >= 15 is 0 Å². The summed E-state index contributed by atoms with van der Waals surface area (Å²) in [5.41, 5.74) is 2.11. The molecule has 1 aliphatic carbocycles. The molecule has 0 unspecified atom stereocenters. The zero-order valence-electron chi connectivity index (χ0n) is 15.1. The Kier molecular flexibility index (Phi) is 4.24. The largest absolute Gasteiger partial charge is 0.301 e. The predicted molar refractivity (Wildman–Crippen MR) is 105 cm³/mol. The Balaban J connectivity index is 1.38. The van der Waals surface area contributed by atoms with Gasteiger partial charge in [-0.3, -0.25) is 14.5 Å². The first-order valence-corrected chi connectivity index (χ1v) is 10.3. The van der Waals surface area contributed by atoms with E-state index in [1.165, 1.54) is 22.2 Å². The van der Waals surface area contributed by atoms with Crippen LogP contribution < -0.4 is 0 Å². The Morgan fingerprint density at radius 1 is 0.893 bits per heavy atom. The quantitative estimate of drug-likeness (QED) is 0.476. The van der Waals surface area contributed by atoms with Gasteiger partial charge in [-0.05, 0) is 30.5 Å². The summed E-state index contributed by atoms with van der Waals surface area (Å²) in [4.78, 5) is 26.4. The van der Waals surface area contributed by atoms with Gasteiger partial charge in [-0.25, -0.2) is 0 Å². The van der Waals surface area contributed by atoms with Gasteiger partial charge >= 0.3 is 0 Å². The maximum atomic E-state index is 12.6. The first-order chi connectivity index (χ1) is 13.7. The number of nitrogens with zero attached hydrogens (tertiary/aromatic N) is 4. The molecule has 0 spiro atoms. The van der Waals surface area contributed by atoms with Crippen molar-refractivity contribution in [3.63, 3.8) is 0 Å². The summed E-state index contributed by atoms with van der Waals surface area (Å²) in [7, 11) is 0. The van der Waals surface area contributed by atoms with E-state index in [0.717, 1.165) is 23.8 Å². The molecule has 2 aliphatic rings. The highest BCUT2D eigenvalue weighted by Crippen LogP contribution is 2.40. The smallest absolute Gasteiger partial charge is 0.262 e. The minimum atomic E-state index is -0.246. The Hall–Kier alpha value is -2.93. The third-order valence-corrected chi connectivity index (χ3v) is 6.02. The molecule has 1 aromatic heterocycles. The average molecular weight is 390 g/mol. The summed E-state index contributed by atoms with van der Waals surface area (Å²) in [6, 6.07) is 17.1. The van der Waals surface area contributed by atoms with Crippen molar-refractivity contribution in [3.8, 4) is 0 Å². The van der Waals surface area contributed by atoms with Crippen LogP contribution in [0.2, 0.25) is 0 Å². The Morgan fingerprint density at radius 2 is 1.54 bits per heavy atom. The molecule has 1 aliphatic heterocycles. The number of fused-ring (bicyclic) bond motifs is 1. The van der Waals surface area contributed by atoms with Gasteiger partial charge in [-0.1, -0.05) is 54.2 Å². The van der Waals surface area contributed by atoms with E-state index in [0.29, 0.717) is 23.6 Å². The molecule has 0 bridgehead atoms. The number of rotatable bonds is 6. The number of imide groups is 1. The van der Waals surface area contributed by atoms with Gasteiger partial charge in [-0.15, -0.1) is 10.2 Å². The summed E-state index contributed by atoms with van der Waals surface area (Å²) in [5.74, 6) is 1.19. The van der Waals surface area contributed by atoms with Gasteiger partial charge in [0.25, 0.3) is 11.8 Å². The zero-order chi connectivity index (χ0) is 19.1. The molecule has 2 amide bonds. The fourth-order valence-electron chi connectivity index (χ4n) is 3.44. The molecule has 6 nitrogen and oxygen atoms in total. The van der Waals surface area contributed by atoms with E-state index in [1.807, 2.05) is 18.2 Å². The third-order valence-electron chi connectivity index (χ3n) is 5.07. The lowest BCUT2D eigenvalue weighted by molar-refractivity contribution is 0.0684. The predicted octanol–water partition coefficient (Wildman–Crippen LogP) is 3.55. The lowest BCUT2D eigenvalue weighted by Gasteiger charge is -2.14. The Labute approximate surface area is 166 Å². The number of hydrogen-bond acceptors (Lipinski definition) is 5. The average Bonchev–Trinajstić information content (AvgIpc) is 3.45. The van der Waals surface area contributed by atoms with Crippen molar-refractivity contribution in [1.82, 2.24) is 19.7 Å². The number of amides is 2. The first kappa shape index (κ1) is 17.2. The Bertz CT molecular complexity index is 1020. The van der Waals surface area contributed by atoms with Crippen LogP contribution in [0.4, 0.5) is 0 Å². The fourth-order valence-corrected chi connectivity index (χ4v) is 4.34. The van der Waals surface area contributed by atoms with Gasteiger partial charge < -0.3 is 4.57 Å².